The van der Waals surface area contributed by atoms with E-state index in [-0.39, 0.29) is 0 Å². The molecule has 158 valence electrons. The Balaban J connectivity index is 1.86. The van der Waals surface area contributed by atoms with Gasteiger partial charge >= 0.3 is 0 Å². The highest BCUT2D eigenvalue weighted by atomic mass is 16.5. The molecule has 0 saturated carbocycles. The minimum atomic E-state index is -0.539. The van der Waals surface area contributed by atoms with Crippen LogP contribution in [0.4, 0.5) is 0 Å². The number of hydrogen-bond donors (Lipinski definition) is 0. The number of hydrogen-bond acceptors (Lipinski definition) is 5. The number of ether oxygens (including phenoxy) is 4. The summed E-state index contributed by atoms with van der Waals surface area (Å²) in [6.45, 7) is 6.13. The Morgan fingerprint density at radius 1 is 1.00 bits per heavy atom. The van der Waals surface area contributed by atoms with Crippen LogP contribution in [-0.2, 0) is 11.2 Å². The molecule has 0 saturated heterocycles. The first-order valence-corrected chi connectivity index (χ1v) is 9.88. The summed E-state index contributed by atoms with van der Waals surface area (Å²) in [6, 6.07) is 12.1. The first kappa shape index (κ1) is 21.5. The maximum absolute atomic E-state index is 6.20. The van der Waals surface area contributed by atoms with E-state index in [0.29, 0.717) is 23.0 Å². The second-order valence-corrected chi connectivity index (χ2v) is 7.56. The first-order chi connectivity index (χ1) is 14.4. The third-order valence-electron chi connectivity index (χ3n) is 5.12. The van der Waals surface area contributed by atoms with E-state index in [0.717, 1.165) is 17.7 Å². The summed E-state index contributed by atoms with van der Waals surface area (Å²) < 4.78 is 22.5. The van der Waals surface area contributed by atoms with E-state index in [1.54, 1.807) is 21.3 Å². The van der Waals surface area contributed by atoms with Crippen molar-refractivity contribution >= 4 is 11.5 Å². The minimum Gasteiger partial charge on any atom is -0.493 e. The molecule has 3 rings (SSSR count). The fourth-order valence-electron chi connectivity index (χ4n) is 3.36. The zero-order chi connectivity index (χ0) is 21.7. The highest BCUT2D eigenvalue weighted by molar-refractivity contribution is 6.09. The minimum absolute atomic E-state index is 0.539. The van der Waals surface area contributed by atoms with Crippen LogP contribution in [0.15, 0.2) is 59.7 Å². The maximum atomic E-state index is 6.20. The van der Waals surface area contributed by atoms with Gasteiger partial charge in [0.15, 0.2) is 11.5 Å². The highest BCUT2D eigenvalue weighted by Gasteiger charge is 2.34. The van der Waals surface area contributed by atoms with Gasteiger partial charge in [-0.25, -0.2) is 0 Å². The van der Waals surface area contributed by atoms with Crippen LogP contribution in [0.2, 0.25) is 0 Å². The van der Waals surface area contributed by atoms with Gasteiger partial charge in [-0.15, -0.1) is 0 Å². The Morgan fingerprint density at radius 2 is 1.67 bits per heavy atom. The zero-order valence-corrected chi connectivity index (χ0v) is 18.5. The fraction of sp³-hybridized carbons (Fsp3) is 0.320. The van der Waals surface area contributed by atoms with Gasteiger partial charge in [0, 0.05) is 17.8 Å². The predicted molar refractivity (Wildman–Crippen MR) is 121 cm³/mol. The average Bonchev–Trinajstić information content (AvgIpc) is 3.05. The summed E-state index contributed by atoms with van der Waals surface area (Å²) in [5, 5.41) is 0. The van der Waals surface area contributed by atoms with Gasteiger partial charge < -0.3 is 18.9 Å². The largest absolute Gasteiger partial charge is 0.493 e. The molecule has 1 aliphatic heterocycles. The van der Waals surface area contributed by atoms with Crippen LogP contribution in [0.5, 0.6) is 17.2 Å². The van der Waals surface area contributed by atoms with Gasteiger partial charge in [-0.2, -0.15) is 0 Å². The smallest absolute Gasteiger partial charge is 0.203 e. The van der Waals surface area contributed by atoms with Crippen LogP contribution in [0.3, 0.4) is 0 Å². The Labute approximate surface area is 178 Å². The zero-order valence-electron chi connectivity index (χ0n) is 18.5. The number of aryl methyl sites for hydroxylation is 1. The van der Waals surface area contributed by atoms with E-state index in [1.807, 2.05) is 38.3 Å². The number of methoxy groups -OCH3 is 3. The summed E-state index contributed by atoms with van der Waals surface area (Å²) in [7, 11) is 4.78. The molecule has 5 heteroatoms. The molecule has 0 unspecified atom stereocenters. The molecule has 0 fully saturated rings. The topological polar surface area (TPSA) is 49.3 Å². The molecule has 0 atom stereocenters. The van der Waals surface area contributed by atoms with Crippen LogP contribution in [-0.4, -0.2) is 32.6 Å². The van der Waals surface area contributed by atoms with E-state index >= 15 is 0 Å². The van der Waals surface area contributed by atoms with Crippen LogP contribution >= 0.6 is 0 Å². The lowest BCUT2D eigenvalue weighted by atomic mass is 10.0. The standard InChI is InChI=1S/C25H29NO4/c1-17-10-7-8-11-18(17)12-9-13-26-23-16-20(30-25(23,2)3)19-14-21(27-4)24(29-6)22(15-19)28-5/h7-11,13-16H,12H2,1-6H3. The van der Waals surface area contributed by atoms with E-state index in [1.165, 1.54) is 11.1 Å². The lowest BCUT2D eigenvalue weighted by Crippen LogP contribution is -2.28. The lowest BCUT2D eigenvalue weighted by Gasteiger charge is -2.21. The van der Waals surface area contributed by atoms with Gasteiger partial charge in [-0.05, 0) is 50.5 Å². The molecule has 1 heterocycles. The normalized spacial score (nSPS) is 16.5. The number of aliphatic imine (C=N–C) groups is 1. The number of nitrogens with zero attached hydrogens (tertiary/aromatic N) is 1. The second kappa shape index (κ2) is 9.08. The van der Waals surface area contributed by atoms with Crippen molar-refractivity contribution in [2.45, 2.75) is 32.8 Å². The SMILES string of the molecule is COc1cc(C2=CC(=NC=CCc3ccccc3C)C(C)(C)O2)cc(OC)c1OC. The second-order valence-electron chi connectivity index (χ2n) is 7.56. The third-order valence-corrected chi connectivity index (χ3v) is 5.12. The summed E-state index contributed by atoms with van der Waals surface area (Å²) in [6.07, 6.45) is 6.71. The maximum Gasteiger partial charge on any atom is 0.203 e. The van der Waals surface area contributed by atoms with Gasteiger partial charge in [0.2, 0.25) is 5.75 Å². The lowest BCUT2D eigenvalue weighted by molar-refractivity contribution is 0.158. The van der Waals surface area contributed by atoms with Crippen LogP contribution in [0.25, 0.3) is 5.76 Å². The average molecular weight is 408 g/mol. The molecule has 30 heavy (non-hydrogen) atoms. The molecule has 0 amide bonds. The van der Waals surface area contributed by atoms with Crippen molar-refractivity contribution in [1.29, 1.82) is 0 Å². The number of benzene rings is 2. The Kier molecular flexibility index (Phi) is 6.50. The molecule has 1 aliphatic rings. The molecular formula is C25H29NO4. The molecule has 0 bridgehead atoms. The summed E-state index contributed by atoms with van der Waals surface area (Å²) >= 11 is 0. The summed E-state index contributed by atoms with van der Waals surface area (Å²) in [4.78, 5) is 4.66. The third kappa shape index (κ3) is 4.51. The number of rotatable bonds is 7. The Morgan fingerprint density at radius 3 is 2.27 bits per heavy atom. The highest BCUT2D eigenvalue weighted by Crippen LogP contribution is 2.42. The molecule has 0 spiro atoms. The molecule has 0 radical (unpaired) electrons. The van der Waals surface area contributed by atoms with Crippen molar-refractivity contribution < 1.29 is 18.9 Å². The Bertz CT molecular complexity index is 977. The van der Waals surface area contributed by atoms with Crippen LogP contribution in [0, 0.1) is 6.92 Å². The predicted octanol–water partition coefficient (Wildman–Crippen LogP) is 5.37. The van der Waals surface area contributed by atoms with Gasteiger partial charge in [-0.1, -0.05) is 30.3 Å². The molecule has 5 nitrogen and oxygen atoms in total. The van der Waals surface area contributed by atoms with Crippen molar-refractivity contribution in [3.63, 3.8) is 0 Å². The summed E-state index contributed by atoms with van der Waals surface area (Å²) in [5.41, 5.74) is 3.73. The summed E-state index contributed by atoms with van der Waals surface area (Å²) in [5.74, 6) is 2.43. The molecule has 0 N–H and O–H groups in total. The van der Waals surface area contributed by atoms with E-state index in [9.17, 15) is 0 Å². The quantitative estimate of drug-likeness (QED) is 0.619. The van der Waals surface area contributed by atoms with Crippen LogP contribution in [0.1, 0.15) is 30.5 Å². The van der Waals surface area contributed by atoms with Gasteiger partial charge in [0.05, 0.1) is 27.0 Å². The van der Waals surface area contributed by atoms with E-state index in [4.69, 9.17) is 18.9 Å². The van der Waals surface area contributed by atoms with Gasteiger partial charge in [0.25, 0.3) is 0 Å². The molecule has 0 aliphatic carbocycles. The van der Waals surface area contributed by atoms with E-state index in [2.05, 4.69) is 42.3 Å². The first-order valence-electron chi connectivity index (χ1n) is 9.88. The van der Waals surface area contributed by atoms with Crippen molar-refractivity contribution in [1.82, 2.24) is 0 Å². The fourth-order valence-corrected chi connectivity index (χ4v) is 3.36. The van der Waals surface area contributed by atoms with Crippen LogP contribution < -0.4 is 14.2 Å². The number of allylic oxidation sites excluding steroid dienone is 1. The monoisotopic (exact) mass is 407 g/mol. The van der Waals surface area contributed by atoms with Crippen molar-refractivity contribution in [3.05, 3.63) is 71.4 Å². The van der Waals surface area contributed by atoms with Gasteiger partial charge in [0.1, 0.15) is 11.4 Å². The van der Waals surface area contributed by atoms with E-state index < -0.39 is 5.60 Å². The molecule has 2 aromatic rings. The molecule has 0 aromatic heterocycles. The van der Waals surface area contributed by atoms with Gasteiger partial charge in [-0.3, -0.25) is 4.99 Å². The molecule has 2 aromatic carbocycles. The van der Waals surface area contributed by atoms with Crippen molar-refractivity contribution in [3.8, 4) is 17.2 Å². The van der Waals surface area contributed by atoms with Crippen molar-refractivity contribution in [2.24, 2.45) is 4.99 Å². The van der Waals surface area contributed by atoms with Crippen molar-refractivity contribution in [2.75, 3.05) is 21.3 Å². The Hall–Kier alpha value is -3.21. The molecular weight excluding hydrogens is 378 g/mol.